The number of ketones is 1. The number of carbonyl (C=O) groups is 3. The van der Waals surface area contributed by atoms with Crippen molar-refractivity contribution < 1.29 is 18.8 Å². The predicted molar refractivity (Wildman–Crippen MR) is 137 cm³/mol. The minimum atomic E-state index is -0.945. The molecule has 3 rings (SSSR count). The van der Waals surface area contributed by atoms with Gasteiger partial charge in [-0.2, -0.15) is 0 Å². The lowest BCUT2D eigenvalue weighted by Gasteiger charge is -2.48. The number of aromatic nitrogens is 2. The molecule has 1 fully saturated rings. The molecule has 0 aromatic carbocycles. The topological polar surface area (TPSA) is 109 Å². The lowest BCUT2D eigenvalue weighted by Crippen LogP contribution is -2.65. The minimum Gasteiger partial charge on any atom is -0.408 e. The predicted octanol–water partition coefficient (Wildman–Crippen LogP) is 3.93. The number of thiophene rings is 1. The van der Waals surface area contributed by atoms with Crippen molar-refractivity contribution in [3.05, 3.63) is 28.3 Å². The zero-order chi connectivity index (χ0) is 25.4. The van der Waals surface area contributed by atoms with E-state index in [-0.39, 0.29) is 17.7 Å². The number of Topliss-reactive ketones (excluding diaryl/α,β-unsaturated/α-hetero) is 1. The quantitative estimate of drug-likeness (QED) is 0.183. The average molecular weight is 522 g/mol. The summed E-state index contributed by atoms with van der Waals surface area (Å²) in [6.45, 7) is 4.83. The van der Waals surface area contributed by atoms with E-state index >= 15 is 0 Å². The summed E-state index contributed by atoms with van der Waals surface area (Å²) in [6, 6.07) is 2.75. The molecule has 1 aliphatic rings. The van der Waals surface area contributed by atoms with Crippen molar-refractivity contribution in [2.75, 3.05) is 26.4 Å². The van der Waals surface area contributed by atoms with Crippen LogP contribution < -0.4 is 5.32 Å². The molecular weight excluding hydrogens is 486 g/mol. The fourth-order valence-corrected chi connectivity index (χ4v) is 5.84. The summed E-state index contributed by atoms with van der Waals surface area (Å²) in [5.74, 6) is 0.133. The Morgan fingerprint density at radius 3 is 2.60 bits per heavy atom. The third-order valence-electron chi connectivity index (χ3n) is 6.09. The van der Waals surface area contributed by atoms with Gasteiger partial charge < -0.3 is 19.5 Å². The van der Waals surface area contributed by atoms with Crippen LogP contribution in [0.3, 0.4) is 0 Å². The molecule has 2 amide bonds. The first-order chi connectivity index (χ1) is 16.8. The summed E-state index contributed by atoms with van der Waals surface area (Å²) in [6.07, 6.45) is 5.01. The highest BCUT2D eigenvalue weighted by Crippen LogP contribution is 2.35. The maximum atomic E-state index is 13.7. The first-order valence-corrected chi connectivity index (χ1v) is 13.9. The van der Waals surface area contributed by atoms with Crippen molar-refractivity contribution >= 4 is 41.2 Å². The van der Waals surface area contributed by atoms with Gasteiger partial charge >= 0.3 is 0 Å². The molecule has 2 aromatic heterocycles. The van der Waals surface area contributed by atoms with Crippen molar-refractivity contribution in [1.29, 1.82) is 0 Å². The molecule has 1 unspecified atom stereocenters. The fraction of sp³-hybridized carbons (Fsp3) is 0.625. The number of carbonyl (C=O) groups excluding carboxylic acids is 3. The van der Waals surface area contributed by atoms with Gasteiger partial charge in [-0.3, -0.25) is 14.4 Å². The molecule has 35 heavy (non-hydrogen) atoms. The van der Waals surface area contributed by atoms with Gasteiger partial charge in [-0.05, 0) is 63.6 Å². The molecule has 0 aliphatic heterocycles. The lowest BCUT2D eigenvalue weighted by molar-refractivity contribution is -0.129. The second-order valence-corrected chi connectivity index (χ2v) is 11.6. The van der Waals surface area contributed by atoms with E-state index in [1.165, 1.54) is 28.0 Å². The van der Waals surface area contributed by atoms with Crippen molar-refractivity contribution in [3.8, 4) is 0 Å². The molecule has 1 saturated carbocycles. The van der Waals surface area contributed by atoms with Gasteiger partial charge in [0.15, 0.2) is 0 Å². The molecule has 192 valence electrons. The van der Waals surface area contributed by atoms with Gasteiger partial charge in [0, 0.05) is 12.3 Å². The maximum Gasteiger partial charge on any atom is 0.286 e. The molecular formula is C24H35N5O4S2. The summed E-state index contributed by atoms with van der Waals surface area (Å²) in [5, 5.41) is 13.3. The molecule has 2 aromatic rings. The minimum absolute atomic E-state index is 0.106. The third-order valence-corrected chi connectivity index (χ3v) is 7.76. The Bertz CT molecular complexity index is 970. The van der Waals surface area contributed by atoms with Gasteiger partial charge in [0.1, 0.15) is 11.7 Å². The van der Waals surface area contributed by atoms with Crippen LogP contribution in [0.5, 0.6) is 0 Å². The number of hydrogen-bond acceptors (Lipinski definition) is 9. The van der Waals surface area contributed by atoms with Crippen molar-refractivity contribution in [2.24, 2.45) is 5.92 Å². The van der Waals surface area contributed by atoms with Gasteiger partial charge in [-0.25, -0.2) is 0 Å². The molecule has 0 saturated heterocycles. The van der Waals surface area contributed by atoms with E-state index in [9.17, 15) is 14.4 Å². The summed E-state index contributed by atoms with van der Waals surface area (Å²) >= 11 is 2.73. The molecule has 1 atom stereocenters. The van der Waals surface area contributed by atoms with Crippen LogP contribution in [0.25, 0.3) is 0 Å². The van der Waals surface area contributed by atoms with E-state index in [4.69, 9.17) is 4.42 Å². The van der Waals surface area contributed by atoms with Crippen LogP contribution >= 0.6 is 23.1 Å². The first-order valence-electron chi connectivity index (χ1n) is 12.0. The first kappa shape index (κ1) is 27.3. The second-order valence-electron chi connectivity index (χ2n) is 9.57. The van der Waals surface area contributed by atoms with Crippen LogP contribution in [0.1, 0.15) is 72.7 Å². The maximum absolute atomic E-state index is 13.7. The van der Waals surface area contributed by atoms with Crippen molar-refractivity contribution in [1.82, 2.24) is 25.3 Å². The van der Waals surface area contributed by atoms with Crippen LogP contribution in [-0.4, -0.2) is 76.2 Å². The highest BCUT2D eigenvalue weighted by atomic mass is 32.2. The number of amides is 2. The van der Waals surface area contributed by atoms with Crippen LogP contribution in [0.4, 0.5) is 0 Å². The molecule has 0 bridgehead atoms. The summed E-state index contributed by atoms with van der Waals surface area (Å²) < 4.78 is 5.69. The highest BCUT2D eigenvalue weighted by Gasteiger charge is 2.45. The van der Waals surface area contributed by atoms with E-state index in [1.54, 1.807) is 6.07 Å². The molecule has 9 nitrogen and oxygen atoms in total. The summed E-state index contributed by atoms with van der Waals surface area (Å²) in [4.78, 5) is 43.4. The Morgan fingerprint density at radius 2 is 2.00 bits per heavy atom. The average Bonchev–Trinajstić information content (AvgIpc) is 3.51. The van der Waals surface area contributed by atoms with Gasteiger partial charge in [0.05, 0.1) is 4.88 Å². The molecule has 0 spiro atoms. The van der Waals surface area contributed by atoms with Crippen molar-refractivity contribution in [2.45, 2.75) is 69.3 Å². The van der Waals surface area contributed by atoms with Gasteiger partial charge in [0.2, 0.25) is 12.2 Å². The Morgan fingerprint density at radius 1 is 1.26 bits per heavy atom. The third kappa shape index (κ3) is 7.14. The van der Waals surface area contributed by atoms with E-state index in [1.807, 2.05) is 44.3 Å². The van der Waals surface area contributed by atoms with Gasteiger partial charge in [0.25, 0.3) is 17.0 Å². The van der Waals surface area contributed by atoms with Gasteiger partial charge in [-0.1, -0.05) is 38.1 Å². The van der Waals surface area contributed by atoms with E-state index in [2.05, 4.69) is 15.5 Å². The summed E-state index contributed by atoms with van der Waals surface area (Å²) in [5.41, 5.74) is -0.945. The zero-order valence-corrected chi connectivity index (χ0v) is 22.5. The lowest BCUT2D eigenvalue weighted by atomic mass is 9.85. The Kier molecular flexibility index (Phi) is 9.88. The summed E-state index contributed by atoms with van der Waals surface area (Å²) in [7, 11) is 3.96. The number of nitrogens with one attached hydrogen (secondary N) is 1. The molecule has 2 heterocycles. The second kappa shape index (κ2) is 12.6. The van der Waals surface area contributed by atoms with Crippen LogP contribution in [0.15, 0.2) is 27.2 Å². The molecule has 0 radical (unpaired) electrons. The monoisotopic (exact) mass is 521 g/mol. The molecule has 11 heteroatoms. The highest BCUT2D eigenvalue weighted by molar-refractivity contribution is 7.99. The Labute approximate surface area is 215 Å². The number of hydrogen-bond donors (Lipinski definition) is 1. The van der Waals surface area contributed by atoms with E-state index < -0.39 is 17.5 Å². The zero-order valence-electron chi connectivity index (χ0n) is 20.9. The fourth-order valence-electron chi connectivity index (χ4n) is 4.36. The SMILES string of the molecule is CC(C)CC(C(=O)c1nnc(SCCN(C)C)o1)N(C=O)C1(NC(=O)c2cccs2)CCCCC1. The molecule has 1 N–H and O–H groups in total. The Balaban J connectivity index is 1.88. The standard InChI is InChI=1S/C24H35N5O4S2/c1-17(2)15-18(20(31)22-26-27-23(33-22)35-14-12-28(3)4)29(16-30)24(10-6-5-7-11-24)25-21(32)19-9-8-13-34-19/h8-9,13,16-18H,5-7,10-12,14-15H2,1-4H3,(H,25,32). The van der Waals surface area contributed by atoms with E-state index in [0.717, 1.165) is 31.6 Å². The number of thioether (sulfide) groups is 1. The van der Waals surface area contributed by atoms with Crippen LogP contribution in [0, 0.1) is 5.92 Å². The van der Waals surface area contributed by atoms with Crippen LogP contribution in [-0.2, 0) is 4.79 Å². The Hall–Kier alpha value is -2.24. The van der Waals surface area contributed by atoms with E-state index in [0.29, 0.717) is 35.8 Å². The normalized spacial score (nSPS) is 16.3. The smallest absolute Gasteiger partial charge is 0.286 e. The van der Waals surface area contributed by atoms with Crippen molar-refractivity contribution in [3.63, 3.8) is 0 Å². The van der Waals surface area contributed by atoms with Crippen LogP contribution in [0.2, 0.25) is 0 Å². The molecule has 1 aliphatic carbocycles. The van der Waals surface area contributed by atoms with Gasteiger partial charge in [-0.15, -0.1) is 21.5 Å². The number of nitrogens with zero attached hydrogens (tertiary/aromatic N) is 4. The largest absolute Gasteiger partial charge is 0.408 e. The number of rotatable bonds is 13.